The number of benzene rings is 1. The second-order valence-corrected chi connectivity index (χ2v) is 8.05. The molecule has 0 bridgehead atoms. The first-order chi connectivity index (χ1) is 10.4. The van der Waals surface area contributed by atoms with Gasteiger partial charge in [-0.25, -0.2) is 4.98 Å². The van der Waals surface area contributed by atoms with E-state index in [4.69, 9.17) is 4.98 Å². The summed E-state index contributed by atoms with van der Waals surface area (Å²) in [5.41, 5.74) is 3.54. The van der Waals surface area contributed by atoms with Crippen LogP contribution in [0.1, 0.15) is 50.3 Å². The largest absolute Gasteiger partial charge is 0.388 e. The standard InChI is InChI=1S/C18H24N2OS/c1-18(2,3)20(4)13-10-8-12(9-11-13)17-19-14-6-5-7-15(21)16(14)22-17/h8-11,15,21H,5-7H2,1-4H3. The monoisotopic (exact) mass is 316 g/mol. The predicted octanol–water partition coefficient (Wildman–Crippen LogP) is 4.41. The number of aliphatic hydroxyl groups is 1. The van der Waals surface area contributed by atoms with Crippen molar-refractivity contribution in [2.24, 2.45) is 0 Å². The third-order valence-electron chi connectivity index (χ3n) is 4.43. The van der Waals surface area contributed by atoms with Crippen molar-refractivity contribution in [2.75, 3.05) is 11.9 Å². The van der Waals surface area contributed by atoms with Gasteiger partial charge >= 0.3 is 0 Å². The Hall–Kier alpha value is -1.39. The lowest BCUT2D eigenvalue weighted by Crippen LogP contribution is -2.37. The number of aliphatic hydroxyl groups excluding tert-OH is 1. The summed E-state index contributed by atoms with van der Waals surface area (Å²) < 4.78 is 0. The van der Waals surface area contributed by atoms with Gasteiger partial charge in [0.15, 0.2) is 0 Å². The molecule has 22 heavy (non-hydrogen) atoms. The molecule has 0 radical (unpaired) electrons. The van der Waals surface area contributed by atoms with Crippen molar-refractivity contribution in [1.29, 1.82) is 0 Å². The summed E-state index contributed by atoms with van der Waals surface area (Å²) in [5.74, 6) is 0. The zero-order valence-electron chi connectivity index (χ0n) is 13.8. The molecule has 1 N–H and O–H groups in total. The Balaban J connectivity index is 1.88. The van der Waals surface area contributed by atoms with Gasteiger partial charge in [0.25, 0.3) is 0 Å². The lowest BCUT2D eigenvalue weighted by atomic mass is 10.0. The van der Waals surface area contributed by atoms with Gasteiger partial charge in [-0.05, 0) is 64.3 Å². The molecule has 0 saturated carbocycles. The Morgan fingerprint density at radius 2 is 1.91 bits per heavy atom. The van der Waals surface area contributed by atoms with E-state index in [1.807, 2.05) is 0 Å². The van der Waals surface area contributed by atoms with Gasteiger partial charge in [-0.1, -0.05) is 0 Å². The molecule has 0 saturated heterocycles. The molecule has 4 heteroatoms. The van der Waals surface area contributed by atoms with Crippen LogP contribution in [0.15, 0.2) is 24.3 Å². The van der Waals surface area contributed by atoms with E-state index in [0.29, 0.717) is 0 Å². The Labute approximate surface area is 136 Å². The summed E-state index contributed by atoms with van der Waals surface area (Å²) in [5, 5.41) is 11.1. The van der Waals surface area contributed by atoms with Gasteiger partial charge in [-0.2, -0.15) is 0 Å². The fourth-order valence-corrected chi connectivity index (χ4v) is 3.87. The molecule has 2 aromatic rings. The van der Waals surface area contributed by atoms with Crippen LogP contribution in [0.5, 0.6) is 0 Å². The molecule has 1 aliphatic carbocycles. The highest BCUT2D eigenvalue weighted by molar-refractivity contribution is 7.15. The topological polar surface area (TPSA) is 36.4 Å². The number of thiazole rings is 1. The number of hydrogen-bond donors (Lipinski definition) is 1. The van der Waals surface area contributed by atoms with Crippen molar-refractivity contribution in [3.8, 4) is 10.6 Å². The van der Waals surface area contributed by atoms with Gasteiger partial charge < -0.3 is 10.0 Å². The molecule has 0 spiro atoms. The van der Waals surface area contributed by atoms with Crippen LogP contribution in [0.4, 0.5) is 5.69 Å². The van der Waals surface area contributed by atoms with E-state index in [1.54, 1.807) is 11.3 Å². The Morgan fingerprint density at radius 1 is 1.23 bits per heavy atom. The molecule has 118 valence electrons. The van der Waals surface area contributed by atoms with Gasteiger partial charge in [0, 0.05) is 23.8 Å². The molecule has 1 aliphatic rings. The SMILES string of the molecule is CN(c1ccc(-c2nc3c(s2)C(O)CCC3)cc1)C(C)(C)C. The van der Waals surface area contributed by atoms with E-state index in [9.17, 15) is 5.11 Å². The Morgan fingerprint density at radius 3 is 2.50 bits per heavy atom. The van der Waals surface area contributed by atoms with Crippen LogP contribution in [-0.2, 0) is 6.42 Å². The Kier molecular flexibility index (Phi) is 4.00. The summed E-state index contributed by atoms with van der Waals surface area (Å²) in [6, 6.07) is 8.57. The second-order valence-electron chi connectivity index (χ2n) is 7.01. The van der Waals surface area contributed by atoms with Crippen molar-refractivity contribution in [3.63, 3.8) is 0 Å². The third kappa shape index (κ3) is 2.90. The minimum absolute atomic E-state index is 0.103. The first-order valence-electron chi connectivity index (χ1n) is 7.88. The number of rotatable bonds is 2. The summed E-state index contributed by atoms with van der Waals surface area (Å²) in [7, 11) is 2.12. The molecule has 1 heterocycles. The van der Waals surface area contributed by atoms with Gasteiger partial charge in [0.1, 0.15) is 5.01 Å². The van der Waals surface area contributed by atoms with Gasteiger partial charge in [0.2, 0.25) is 0 Å². The summed E-state index contributed by atoms with van der Waals surface area (Å²) >= 11 is 1.64. The second kappa shape index (κ2) is 5.67. The highest BCUT2D eigenvalue weighted by atomic mass is 32.1. The van der Waals surface area contributed by atoms with Crippen LogP contribution in [0.25, 0.3) is 10.6 Å². The number of aryl methyl sites for hydroxylation is 1. The smallest absolute Gasteiger partial charge is 0.123 e. The fraction of sp³-hybridized carbons (Fsp3) is 0.500. The summed E-state index contributed by atoms with van der Waals surface area (Å²) in [4.78, 5) is 8.08. The van der Waals surface area contributed by atoms with Crippen molar-refractivity contribution in [2.45, 2.75) is 51.7 Å². The lowest BCUT2D eigenvalue weighted by Gasteiger charge is -2.34. The predicted molar refractivity (Wildman–Crippen MR) is 93.6 cm³/mol. The van der Waals surface area contributed by atoms with Crippen molar-refractivity contribution < 1.29 is 5.11 Å². The number of nitrogens with zero attached hydrogens (tertiary/aromatic N) is 2. The van der Waals surface area contributed by atoms with E-state index >= 15 is 0 Å². The van der Waals surface area contributed by atoms with Crippen LogP contribution in [0, 0.1) is 0 Å². The van der Waals surface area contributed by atoms with Crippen LogP contribution in [0.3, 0.4) is 0 Å². The maximum Gasteiger partial charge on any atom is 0.123 e. The average molecular weight is 316 g/mol. The number of aromatic nitrogens is 1. The molecule has 0 fully saturated rings. The zero-order chi connectivity index (χ0) is 15.9. The Bertz CT molecular complexity index is 655. The van der Waals surface area contributed by atoms with Crippen molar-refractivity contribution >= 4 is 17.0 Å². The van der Waals surface area contributed by atoms with Crippen LogP contribution in [-0.4, -0.2) is 22.7 Å². The average Bonchev–Trinajstić information content (AvgIpc) is 2.91. The molecular weight excluding hydrogens is 292 g/mol. The molecule has 1 aromatic heterocycles. The molecule has 1 atom stereocenters. The lowest BCUT2D eigenvalue weighted by molar-refractivity contribution is 0.160. The third-order valence-corrected chi connectivity index (χ3v) is 5.68. The highest BCUT2D eigenvalue weighted by Crippen LogP contribution is 2.38. The minimum atomic E-state index is -0.318. The number of fused-ring (bicyclic) bond motifs is 1. The molecule has 3 rings (SSSR count). The number of hydrogen-bond acceptors (Lipinski definition) is 4. The fourth-order valence-electron chi connectivity index (χ4n) is 2.74. The van der Waals surface area contributed by atoms with Gasteiger partial charge in [0.05, 0.1) is 16.7 Å². The molecule has 1 aromatic carbocycles. The number of anilines is 1. The van der Waals surface area contributed by atoms with Crippen LogP contribution < -0.4 is 4.90 Å². The molecular formula is C18H24N2OS. The quantitative estimate of drug-likeness (QED) is 0.891. The maximum absolute atomic E-state index is 10.1. The molecule has 0 amide bonds. The van der Waals surface area contributed by atoms with E-state index in [-0.39, 0.29) is 11.6 Å². The van der Waals surface area contributed by atoms with Gasteiger partial charge in [-0.3, -0.25) is 0 Å². The van der Waals surface area contributed by atoms with Gasteiger partial charge in [-0.15, -0.1) is 11.3 Å². The van der Waals surface area contributed by atoms with E-state index in [1.165, 1.54) is 5.69 Å². The minimum Gasteiger partial charge on any atom is -0.388 e. The van der Waals surface area contributed by atoms with Crippen molar-refractivity contribution in [1.82, 2.24) is 4.98 Å². The zero-order valence-corrected chi connectivity index (χ0v) is 14.6. The first kappa shape index (κ1) is 15.5. The summed E-state index contributed by atoms with van der Waals surface area (Å²) in [6.07, 6.45) is 2.57. The molecule has 1 unspecified atom stereocenters. The first-order valence-corrected chi connectivity index (χ1v) is 8.70. The van der Waals surface area contributed by atoms with Crippen LogP contribution >= 0.6 is 11.3 Å². The van der Waals surface area contributed by atoms with Crippen LogP contribution in [0.2, 0.25) is 0 Å². The normalized spacial score (nSPS) is 18.1. The van der Waals surface area contributed by atoms with E-state index < -0.39 is 0 Å². The van der Waals surface area contributed by atoms with Crippen molar-refractivity contribution in [3.05, 3.63) is 34.8 Å². The summed E-state index contributed by atoms with van der Waals surface area (Å²) in [6.45, 7) is 6.62. The van der Waals surface area contributed by atoms with E-state index in [2.05, 4.69) is 57.0 Å². The van der Waals surface area contributed by atoms with E-state index in [0.717, 1.165) is 40.4 Å². The molecule has 3 nitrogen and oxygen atoms in total. The molecule has 0 aliphatic heterocycles. The highest BCUT2D eigenvalue weighted by Gasteiger charge is 2.23. The maximum atomic E-state index is 10.1.